The first kappa shape index (κ1) is 18.7. The Kier molecular flexibility index (Phi) is 5.44. The fraction of sp³-hybridized carbons (Fsp3) is 0. The molecule has 6 heteroatoms. The molecule has 2 aromatic heterocycles. The minimum Gasteiger partial charge on any atom is -0.289 e. The SMILES string of the molecule is O=C(C=Cc1cn(-c2ccccc2)nc1-c1cccs1)c1ccc(Cl)cc1Cl. The zero-order valence-corrected chi connectivity index (χ0v) is 16.9. The Morgan fingerprint density at radius 2 is 1.86 bits per heavy atom. The van der Waals surface area contributed by atoms with E-state index in [1.54, 1.807) is 35.6 Å². The third kappa shape index (κ3) is 3.94. The van der Waals surface area contributed by atoms with E-state index in [9.17, 15) is 4.79 Å². The molecule has 4 aromatic rings. The number of rotatable bonds is 5. The predicted octanol–water partition coefficient (Wildman–Crippen LogP) is 6.80. The first-order valence-electron chi connectivity index (χ1n) is 8.48. The van der Waals surface area contributed by atoms with Crippen LogP contribution in [0.1, 0.15) is 15.9 Å². The Bertz CT molecular complexity index is 1150. The van der Waals surface area contributed by atoms with Crippen molar-refractivity contribution in [2.45, 2.75) is 0 Å². The summed E-state index contributed by atoms with van der Waals surface area (Å²) in [4.78, 5) is 13.6. The molecule has 0 aliphatic carbocycles. The second-order valence-electron chi connectivity index (χ2n) is 6.01. The van der Waals surface area contributed by atoms with Crippen molar-refractivity contribution in [2.75, 3.05) is 0 Å². The lowest BCUT2D eigenvalue weighted by Crippen LogP contribution is -1.95. The molecule has 4 rings (SSSR count). The minimum absolute atomic E-state index is 0.189. The topological polar surface area (TPSA) is 34.9 Å². The molecule has 0 fully saturated rings. The summed E-state index contributed by atoms with van der Waals surface area (Å²) in [6.07, 6.45) is 5.20. The van der Waals surface area contributed by atoms with Gasteiger partial charge >= 0.3 is 0 Å². The third-order valence-electron chi connectivity index (χ3n) is 4.13. The van der Waals surface area contributed by atoms with Crippen LogP contribution in [0, 0.1) is 0 Å². The van der Waals surface area contributed by atoms with Crippen molar-refractivity contribution in [1.29, 1.82) is 0 Å². The van der Waals surface area contributed by atoms with Crippen molar-refractivity contribution in [2.24, 2.45) is 0 Å². The first-order valence-corrected chi connectivity index (χ1v) is 10.1. The maximum absolute atomic E-state index is 12.6. The number of benzene rings is 2. The van der Waals surface area contributed by atoms with E-state index < -0.39 is 0 Å². The largest absolute Gasteiger partial charge is 0.289 e. The Morgan fingerprint density at radius 1 is 1.04 bits per heavy atom. The highest BCUT2D eigenvalue weighted by atomic mass is 35.5. The average molecular weight is 425 g/mol. The Balaban J connectivity index is 1.71. The molecule has 0 unspecified atom stereocenters. The van der Waals surface area contributed by atoms with Crippen molar-refractivity contribution < 1.29 is 4.79 Å². The molecule has 0 spiro atoms. The number of aromatic nitrogens is 2. The molecule has 2 aromatic carbocycles. The van der Waals surface area contributed by atoms with Crippen molar-refractivity contribution in [3.63, 3.8) is 0 Å². The van der Waals surface area contributed by atoms with Crippen LogP contribution in [0.3, 0.4) is 0 Å². The van der Waals surface area contributed by atoms with Crippen LogP contribution >= 0.6 is 34.5 Å². The number of carbonyl (C=O) groups excluding carboxylic acids is 1. The zero-order valence-electron chi connectivity index (χ0n) is 14.5. The summed E-state index contributed by atoms with van der Waals surface area (Å²) in [5, 5.41) is 7.56. The van der Waals surface area contributed by atoms with Gasteiger partial charge in [0.2, 0.25) is 0 Å². The molecule has 0 saturated heterocycles. The maximum atomic E-state index is 12.6. The monoisotopic (exact) mass is 424 g/mol. The van der Waals surface area contributed by atoms with Crippen LogP contribution < -0.4 is 0 Å². The second-order valence-corrected chi connectivity index (χ2v) is 7.80. The van der Waals surface area contributed by atoms with Crippen LogP contribution in [0.5, 0.6) is 0 Å². The first-order chi connectivity index (χ1) is 13.6. The average Bonchev–Trinajstić information content (AvgIpc) is 3.36. The standard InChI is InChI=1S/C22H14Cl2N2OS/c23-16-9-10-18(19(24)13-16)20(27)11-8-15-14-26(17-5-2-1-3-6-17)25-22(15)21-7-4-12-28-21/h1-14H. The summed E-state index contributed by atoms with van der Waals surface area (Å²) in [5.41, 5.74) is 3.04. The Hall–Kier alpha value is -2.66. The highest BCUT2D eigenvalue weighted by molar-refractivity contribution is 7.13. The Morgan fingerprint density at radius 3 is 2.57 bits per heavy atom. The van der Waals surface area contributed by atoms with E-state index in [4.69, 9.17) is 28.3 Å². The fourth-order valence-electron chi connectivity index (χ4n) is 2.77. The summed E-state index contributed by atoms with van der Waals surface area (Å²) >= 11 is 13.7. The van der Waals surface area contributed by atoms with Gasteiger partial charge in [-0.1, -0.05) is 47.5 Å². The number of nitrogens with zero attached hydrogens (tertiary/aromatic N) is 2. The van der Waals surface area contributed by atoms with E-state index in [0.717, 1.165) is 21.8 Å². The highest BCUT2D eigenvalue weighted by Gasteiger charge is 2.13. The molecule has 2 heterocycles. The van der Waals surface area contributed by atoms with Gasteiger partial charge in [-0.2, -0.15) is 5.10 Å². The lowest BCUT2D eigenvalue weighted by molar-refractivity contribution is 0.104. The van der Waals surface area contributed by atoms with Crippen LogP contribution in [0.25, 0.3) is 22.3 Å². The molecule has 3 nitrogen and oxygen atoms in total. The molecule has 0 amide bonds. The quantitative estimate of drug-likeness (QED) is 0.260. The van der Waals surface area contributed by atoms with E-state index in [0.29, 0.717) is 15.6 Å². The minimum atomic E-state index is -0.189. The van der Waals surface area contributed by atoms with Gasteiger partial charge < -0.3 is 0 Å². The van der Waals surface area contributed by atoms with Crippen molar-refractivity contribution in [1.82, 2.24) is 9.78 Å². The van der Waals surface area contributed by atoms with Crippen LogP contribution in [0.2, 0.25) is 10.0 Å². The molecule has 0 aliphatic heterocycles. The van der Waals surface area contributed by atoms with Gasteiger partial charge in [0.15, 0.2) is 5.78 Å². The number of thiophene rings is 1. The van der Waals surface area contributed by atoms with Gasteiger partial charge in [-0.25, -0.2) is 4.68 Å². The summed E-state index contributed by atoms with van der Waals surface area (Å²) in [6.45, 7) is 0. The summed E-state index contributed by atoms with van der Waals surface area (Å²) < 4.78 is 1.81. The van der Waals surface area contributed by atoms with Crippen molar-refractivity contribution >= 4 is 46.4 Å². The van der Waals surface area contributed by atoms with E-state index in [1.165, 1.54) is 6.08 Å². The van der Waals surface area contributed by atoms with Gasteiger partial charge in [-0.05, 0) is 53.9 Å². The normalized spacial score (nSPS) is 11.2. The van der Waals surface area contributed by atoms with Crippen LogP contribution in [-0.4, -0.2) is 15.6 Å². The smallest absolute Gasteiger partial charge is 0.187 e. The molecule has 0 saturated carbocycles. The van der Waals surface area contributed by atoms with Crippen LogP contribution in [0.15, 0.2) is 78.3 Å². The van der Waals surface area contributed by atoms with Gasteiger partial charge in [0, 0.05) is 22.3 Å². The molecular weight excluding hydrogens is 411 g/mol. The van der Waals surface area contributed by atoms with Crippen molar-refractivity contribution in [3.8, 4) is 16.3 Å². The van der Waals surface area contributed by atoms with E-state index in [-0.39, 0.29) is 5.78 Å². The van der Waals surface area contributed by atoms with Gasteiger partial charge in [0.05, 0.1) is 15.6 Å². The van der Waals surface area contributed by atoms with Crippen molar-refractivity contribution in [3.05, 3.63) is 99.5 Å². The van der Waals surface area contributed by atoms with Crippen LogP contribution in [-0.2, 0) is 0 Å². The lowest BCUT2D eigenvalue weighted by Gasteiger charge is -2.00. The number of hydrogen-bond acceptors (Lipinski definition) is 3. The zero-order chi connectivity index (χ0) is 19.5. The highest BCUT2D eigenvalue weighted by Crippen LogP contribution is 2.29. The summed E-state index contributed by atoms with van der Waals surface area (Å²) in [5.74, 6) is -0.189. The van der Waals surface area contributed by atoms with Gasteiger partial charge in [-0.3, -0.25) is 4.79 Å². The number of halogens is 2. The number of hydrogen-bond donors (Lipinski definition) is 0. The van der Waals surface area contributed by atoms with Gasteiger partial charge in [0.1, 0.15) is 5.69 Å². The van der Waals surface area contributed by atoms with E-state index in [2.05, 4.69) is 0 Å². The molecule has 28 heavy (non-hydrogen) atoms. The molecule has 138 valence electrons. The molecular formula is C22H14Cl2N2OS. The number of ketones is 1. The molecule has 0 N–H and O–H groups in total. The fourth-order valence-corrected chi connectivity index (χ4v) is 4.00. The number of carbonyl (C=O) groups is 1. The maximum Gasteiger partial charge on any atom is 0.187 e. The summed E-state index contributed by atoms with van der Waals surface area (Å²) in [6, 6.07) is 18.7. The molecule has 0 atom stereocenters. The Labute approximate surface area is 176 Å². The van der Waals surface area contributed by atoms with Gasteiger partial charge in [0.25, 0.3) is 0 Å². The third-order valence-corrected chi connectivity index (χ3v) is 5.55. The predicted molar refractivity (Wildman–Crippen MR) is 117 cm³/mol. The molecule has 0 bridgehead atoms. The number of para-hydroxylation sites is 1. The molecule has 0 aliphatic rings. The second kappa shape index (κ2) is 8.15. The van der Waals surface area contributed by atoms with E-state index in [1.807, 2.05) is 58.7 Å². The summed E-state index contributed by atoms with van der Waals surface area (Å²) in [7, 11) is 0. The number of allylic oxidation sites excluding steroid dienone is 1. The van der Waals surface area contributed by atoms with E-state index >= 15 is 0 Å². The molecule has 0 radical (unpaired) electrons. The van der Waals surface area contributed by atoms with Gasteiger partial charge in [-0.15, -0.1) is 11.3 Å². The van der Waals surface area contributed by atoms with Crippen LogP contribution in [0.4, 0.5) is 0 Å². The lowest BCUT2D eigenvalue weighted by atomic mass is 10.1.